The van der Waals surface area contributed by atoms with E-state index >= 15 is 0 Å². The van der Waals surface area contributed by atoms with E-state index in [2.05, 4.69) is 13.8 Å². The van der Waals surface area contributed by atoms with Crippen molar-refractivity contribution < 1.29 is 4.74 Å². The van der Waals surface area contributed by atoms with Gasteiger partial charge in [-0.15, -0.1) is 0 Å². The van der Waals surface area contributed by atoms with E-state index in [4.69, 9.17) is 4.74 Å². The summed E-state index contributed by atoms with van der Waals surface area (Å²) < 4.78 is 5.76. The number of unbranched alkanes of at least 4 members (excludes halogenated alkanes) is 1. The molecule has 0 aliphatic carbocycles. The molecule has 82 valence electrons. The third-order valence-corrected chi connectivity index (χ3v) is 2.77. The number of hydrogen-bond donors (Lipinski definition) is 0. The molecule has 0 aliphatic heterocycles. The van der Waals surface area contributed by atoms with Gasteiger partial charge in [-0.25, -0.2) is 0 Å². The Balaban J connectivity index is 2.28. The predicted molar refractivity (Wildman–Crippen MR) is 66.6 cm³/mol. The molecule has 1 nitrogen and oxygen atoms in total. The molecule has 0 amide bonds. The van der Waals surface area contributed by atoms with Crippen molar-refractivity contribution in [1.29, 1.82) is 0 Å². The molecule has 0 fully saturated rings. The monoisotopic (exact) mass is 204 g/mol. The molecular weight excluding hydrogens is 183 g/mol. The molecule has 0 radical (unpaired) electrons. The zero-order chi connectivity index (χ0) is 10.9. The molecule has 1 unspecified atom stereocenters. The third kappa shape index (κ3) is 5.01. The summed E-state index contributed by atoms with van der Waals surface area (Å²) in [5.74, 6) is 2.73. The topological polar surface area (TPSA) is 9.23 Å². The first-order chi connectivity index (χ1) is 7.36. The third-order valence-electron chi connectivity index (χ3n) is 2.77. The second kappa shape index (κ2) is 7.50. The van der Waals surface area contributed by atoms with Gasteiger partial charge >= 0.3 is 93.5 Å². The van der Waals surface area contributed by atoms with E-state index in [0.717, 1.165) is 12.3 Å². The van der Waals surface area contributed by atoms with Crippen molar-refractivity contribution >= 4 is 6.91 Å². The normalized spacial score (nSPS) is 12.1. The molecule has 15 heavy (non-hydrogen) atoms. The second-order valence-corrected chi connectivity index (χ2v) is 4.04. The van der Waals surface area contributed by atoms with Gasteiger partial charge in [0, 0.05) is 0 Å². The van der Waals surface area contributed by atoms with Crippen molar-refractivity contribution in [3.63, 3.8) is 0 Å². The van der Waals surface area contributed by atoms with Crippen LogP contribution in [-0.2, 0) is 0 Å². The van der Waals surface area contributed by atoms with Crippen LogP contribution >= 0.6 is 0 Å². The Morgan fingerprint density at radius 1 is 1.33 bits per heavy atom. The van der Waals surface area contributed by atoms with Crippen LogP contribution in [0.15, 0.2) is 24.2 Å². The molecule has 0 N–H and O–H groups in total. The predicted octanol–water partition coefficient (Wildman–Crippen LogP) is 3.62. The minimum atomic E-state index is 0.713. The van der Waals surface area contributed by atoms with E-state index in [1.165, 1.54) is 25.7 Å². The summed E-state index contributed by atoms with van der Waals surface area (Å²) in [6.07, 6.45) is 5.10. The first kappa shape index (κ1) is 12.3. The van der Waals surface area contributed by atoms with E-state index in [1.54, 1.807) is 0 Å². The summed E-state index contributed by atoms with van der Waals surface area (Å²) in [5.41, 5.74) is 0.993. The van der Waals surface area contributed by atoms with Gasteiger partial charge in [-0.3, -0.25) is 0 Å². The van der Waals surface area contributed by atoms with Crippen molar-refractivity contribution in [2.24, 2.45) is 5.92 Å². The molecule has 1 rings (SSSR count). The molecule has 1 aromatic rings. The van der Waals surface area contributed by atoms with Crippen LogP contribution in [0.1, 0.15) is 39.5 Å². The molecule has 0 aromatic carbocycles. The van der Waals surface area contributed by atoms with E-state index < -0.39 is 0 Å². The minimum absolute atomic E-state index is 0.713. The van der Waals surface area contributed by atoms with E-state index in [-0.39, 0.29) is 0 Å². The maximum atomic E-state index is 5.76. The van der Waals surface area contributed by atoms with Gasteiger partial charge in [0.2, 0.25) is 0 Å². The van der Waals surface area contributed by atoms with E-state index in [0.29, 0.717) is 5.92 Å². The van der Waals surface area contributed by atoms with Gasteiger partial charge in [0.1, 0.15) is 0 Å². The first-order valence-corrected chi connectivity index (χ1v) is 6.04. The SMILES string of the molecule is CCCCC(CC)COc1bcccc1. The van der Waals surface area contributed by atoms with Gasteiger partial charge < -0.3 is 0 Å². The Hall–Kier alpha value is -0.785. The molecule has 0 spiro atoms. The Labute approximate surface area is 94.1 Å². The van der Waals surface area contributed by atoms with E-state index in [1.807, 2.05) is 31.1 Å². The van der Waals surface area contributed by atoms with Crippen LogP contribution in [0.25, 0.3) is 0 Å². The zero-order valence-corrected chi connectivity index (χ0v) is 9.91. The van der Waals surface area contributed by atoms with Crippen LogP contribution in [0, 0.1) is 5.92 Å². The zero-order valence-electron chi connectivity index (χ0n) is 9.91. The van der Waals surface area contributed by atoms with Gasteiger partial charge in [-0.1, -0.05) is 0 Å². The molecule has 0 saturated carbocycles. The summed E-state index contributed by atoms with van der Waals surface area (Å²) in [5, 5.41) is 0. The number of ether oxygens (including phenoxy) is 1. The molecular formula is C13H21BO. The quantitative estimate of drug-likeness (QED) is 0.659. The van der Waals surface area contributed by atoms with Crippen LogP contribution in [0.4, 0.5) is 0 Å². The summed E-state index contributed by atoms with van der Waals surface area (Å²) in [7, 11) is 0. The van der Waals surface area contributed by atoms with Crippen molar-refractivity contribution in [3.05, 3.63) is 24.2 Å². The Morgan fingerprint density at radius 2 is 2.20 bits per heavy atom. The standard InChI is InChI=1S/C13H21BO/c1-3-5-8-12(4-2)11-15-13-9-6-7-10-14-13/h6-7,9-10,12H,3-5,8,11H2,1-2H3. The van der Waals surface area contributed by atoms with Crippen LogP contribution < -0.4 is 4.74 Å². The van der Waals surface area contributed by atoms with Gasteiger partial charge in [-0.2, -0.15) is 0 Å². The summed E-state index contributed by atoms with van der Waals surface area (Å²) in [6.45, 7) is 7.37. The molecule has 1 atom stereocenters. The molecule has 0 aliphatic rings. The van der Waals surface area contributed by atoms with Gasteiger partial charge in [0.05, 0.1) is 0 Å². The van der Waals surface area contributed by atoms with Gasteiger partial charge in [0.25, 0.3) is 0 Å². The molecule has 2 heteroatoms. The second-order valence-electron chi connectivity index (χ2n) is 4.04. The van der Waals surface area contributed by atoms with Crippen molar-refractivity contribution in [1.82, 2.24) is 0 Å². The molecule has 1 aromatic heterocycles. The Kier molecular flexibility index (Phi) is 6.14. The Bertz CT molecular complexity index is 248. The summed E-state index contributed by atoms with van der Waals surface area (Å²) in [6, 6.07) is 6.05. The van der Waals surface area contributed by atoms with Gasteiger partial charge in [-0.05, 0) is 0 Å². The van der Waals surface area contributed by atoms with Crippen molar-refractivity contribution in [2.75, 3.05) is 6.61 Å². The average Bonchev–Trinajstić information content (AvgIpc) is 2.31. The van der Waals surface area contributed by atoms with Crippen LogP contribution in [0.5, 0.6) is 5.64 Å². The molecule has 1 heterocycles. The van der Waals surface area contributed by atoms with Crippen molar-refractivity contribution in [2.45, 2.75) is 39.5 Å². The van der Waals surface area contributed by atoms with Gasteiger partial charge in [0.15, 0.2) is 0 Å². The number of rotatable bonds is 7. The van der Waals surface area contributed by atoms with E-state index in [9.17, 15) is 0 Å². The fourth-order valence-corrected chi connectivity index (χ4v) is 1.63. The van der Waals surface area contributed by atoms with Crippen LogP contribution in [0.2, 0.25) is 0 Å². The van der Waals surface area contributed by atoms with Crippen LogP contribution in [-0.4, -0.2) is 13.5 Å². The number of hydrogen-bond acceptors (Lipinski definition) is 1. The van der Waals surface area contributed by atoms with Crippen molar-refractivity contribution in [3.8, 4) is 5.64 Å². The van der Waals surface area contributed by atoms with Crippen LogP contribution in [0.3, 0.4) is 0 Å². The fraction of sp³-hybridized carbons (Fsp3) is 0.615. The summed E-state index contributed by atoms with van der Waals surface area (Å²) in [4.78, 5) is 0. The summed E-state index contributed by atoms with van der Waals surface area (Å²) >= 11 is 0. The Morgan fingerprint density at radius 3 is 2.80 bits per heavy atom. The first-order valence-electron chi connectivity index (χ1n) is 6.04. The molecule has 0 bridgehead atoms. The maximum absolute atomic E-state index is 5.76. The molecule has 0 saturated heterocycles. The fourth-order valence-electron chi connectivity index (χ4n) is 1.63. The average molecular weight is 204 g/mol.